The van der Waals surface area contributed by atoms with Crippen molar-refractivity contribution in [1.29, 1.82) is 0 Å². The van der Waals surface area contributed by atoms with Gasteiger partial charge in [-0.25, -0.2) is 0 Å². The molecule has 1 atom stereocenters. The monoisotopic (exact) mass is 328 g/mol. The Morgan fingerprint density at radius 2 is 2.13 bits per heavy atom. The van der Waals surface area contributed by atoms with E-state index >= 15 is 0 Å². The predicted octanol–water partition coefficient (Wildman–Crippen LogP) is 2.64. The number of benzene rings is 1. The third-order valence-corrected chi connectivity index (χ3v) is 5.41. The van der Waals surface area contributed by atoms with E-state index in [2.05, 4.69) is 62.3 Å². The molecule has 1 aliphatic rings. The smallest absolute Gasteiger partial charge is 0.190 e. The summed E-state index contributed by atoms with van der Waals surface area (Å²) in [4.78, 5) is 8.34. The van der Waals surface area contributed by atoms with Gasteiger partial charge < -0.3 is 10.6 Å². The van der Waals surface area contributed by atoms with E-state index in [-0.39, 0.29) is 0 Å². The highest BCUT2D eigenvalue weighted by Crippen LogP contribution is 2.30. The summed E-state index contributed by atoms with van der Waals surface area (Å²) in [5, 5.41) is 8.74. The maximum atomic E-state index is 4.22. The van der Waals surface area contributed by atoms with Crippen LogP contribution in [0.4, 0.5) is 0 Å². The normalized spacial score (nSPS) is 16.7. The maximum absolute atomic E-state index is 4.22. The molecule has 2 heterocycles. The highest BCUT2D eigenvalue weighted by molar-refractivity contribution is 7.10. The summed E-state index contributed by atoms with van der Waals surface area (Å²) in [6.45, 7) is 2.97. The fourth-order valence-electron chi connectivity index (χ4n) is 3.14. The van der Waals surface area contributed by atoms with Crippen molar-refractivity contribution in [3.05, 3.63) is 57.8 Å². The number of nitrogens with zero attached hydrogens (tertiary/aromatic N) is 2. The number of aliphatic imine (C=N–C) groups is 1. The highest BCUT2D eigenvalue weighted by Gasteiger charge is 2.25. The largest absolute Gasteiger partial charge is 0.359 e. The van der Waals surface area contributed by atoms with Crippen molar-refractivity contribution < 1.29 is 0 Å². The van der Waals surface area contributed by atoms with Crippen molar-refractivity contribution >= 4 is 17.3 Å². The maximum Gasteiger partial charge on any atom is 0.190 e. The third kappa shape index (κ3) is 3.74. The van der Waals surface area contributed by atoms with E-state index < -0.39 is 0 Å². The van der Waals surface area contributed by atoms with Crippen LogP contribution in [0.1, 0.15) is 22.0 Å². The summed E-state index contributed by atoms with van der Waals surface area (Å²) in [5.74, 6) is 0.833. The van der Waals surface area contributed by atoms with E-state index in [9.17, 15) is 0 Å². The minimum absolute atomic E-state index is 0.342. The Bertz CT molecular complexity index is 650. The molecule has 1 aliphatic heterocycles. The van der Waals surface area contributed by atoms with Crippen LogP contribution in [-0.4, -0.2) is 38.0 Å². The number of guanidine groups is 1. The van der Waals surface area contributed by atoms with Crippen LogP contribution in [0.2, 0.25) is 0 Å². The molecule has 0 saturated carbocycles. The standard InChI is InChI=1S/C18H24N4S/c1-19-18(20-2)21-12-16(14-6-4-3-5-7-14)22-10-8-17-15(13-22)9-11-23-17/h3-7,9,11,16H,8,10,12-13H2,1-2H3,(H2,19,20,21). The second-order valence-corrected chi connectivity index (χ2v) is 6.72. The predicted molar refractivity (Wildman–Crippen MR) is 98.0 cm³/mol. The quantitative estimate of drug-likeness (QED) is 0.669. The molecule has 2 aromatic rings. The highest BCUT2D eigenvalue weighted by atomic mass is 32.1. The molecule has 2 N–H and O–H groups in total. The van der Waals surface area contributed by atoms with Gasteiger partial charge in [-0.1, -0.05) is 30.3 Å². The lowest BCUT2D eigenvalue weighted by molar-refractivity contribution is 0.181. The first kappa shape index (κ1) is 16.0. The van der Waals surface area contributed by atoms with Gasteiger partial charge in [-0.2, -0.15) is 0 Å². The van der Waals surface area contributed by atoms with E-state index in [0.717, 1.165) is 32.0 Å². The number of nitrogens with one attached hydrogen (secondary N) is 2. The zero-order valence-electron chi connectivity index (χ0n) is 13.7. The van der Waals surface area contributed by atoms with E-state index in [0.29, 0.717) is 6.04 Å². The van der Waals surface area contributed by atoms with Crippen molar-refractivity contribution in [3.8, 4) is 0 Å². The number of thiophene rings is 1. The van der Waals surface area contributed by atoms with Crippen molar-refractivity contribution in [1.82, 2.24) is 15.5 Å². The molecule has 1 aromatic carbocycles. The summed E-state index contributed by atoms with van der Waals surface area (Å²) in [7, 11) is 3.69. The first-order valence-electron chi connectivity index (χ1n) is 8.04. The first-order chi connectivity index (χ1) is 11.3. The van der Waals surface area contributed by atoms with Gasteiger partial charge in [-0.05, 0) is 29.0 Å². The lowest BCUT2D eigenvalue weighted by Gasteiger charge is -2.35. The van der Waals surface area contributed by atoms with Crippen molar-refractivity contribution in [2.24, 2.45) is 4.99 Å². The van der Waals surface area contributed by atoms with Gasteiger partial charge in [0.15, 0.2) is 5.96 Å². The lowest BCUT2D eigenvalue weighted by Crippen LogP contribution is -2.43. The van der Waals surface area contributed by atoms with Crippen LogP contribution in [-0.2, 0) is 13.0 Å². The molecular weight excluding hydrogens is 304 g/mol. The first-order valence-corrected chi connectivity index (χ1v) is 8.92. The van der Waals surface area contributed by atoms with Crippen LogP contribution in [0.3, 0.4) is 0 Å². The SMILES string of the molecule is CN=C(NC)NCC(c1ccccc1)N1CCc2sccc2C1. The Labute approximate surface area is 142 Å². The molecule has 4 nitrogen and oxygen atoms in total. The summed E-state index contributed by atoms with van der Waals surface area (Å²) in [5.41, 5.74) is 2.84. The molecule has 5 heteroatoms. The second-order valence-electron chi connectivity index (χ2n) is 5.72. The molecule has 0 saturated heterocycles. The van der Waals surface area contributed by atoms with Gasteiger partial charge in [-0.3, -0.25) is 9.89 Å². The molecule has 0 fully saturated rings. The molecule has 1 unspecified atom stereocenters. The molecule has 0 radical (unpaired) electrons. The number of hydrogen-bond donors (Lipinski definition) is 2. The average molecular weight is 328 g/mol. The molecule has 1 aromatic heterocycles. The molecule has 0 spiro atoms. The van der Waals surface area contributed by atoms with Crippen LogP contribution >= 0.6 is 11.3 Å². The Kier molecular flexibility index (Phi) is 5.31. The molecule has 3 rings (SSSR count). The van der Waals surface area contributed by atoms with Crippen molar-refractivity contribution in [3.63, 3.8) is 0 Å². The van der Waals surface area contributed by atoms with Gasteiger partial charge in [0.1, 0.15) is 0 Å². The molecule has 0 aliphatic carbocycles. The van der Waals surface area contributed by atoms with Gasteiger partial charge in [0.2, 0.25) is 0 Å². The molecule has 122 valence electrons. The lowest BCUT2D eigenvalue weighted by atomic mass is 10.0. The fraction of sp³-hybridized carbons (Fsp3) is 0.389. The van der Waals surface area contributed by atoms with Gasteiger partial charge in [-0.15, -0.1) is 11.3 Å². The average Bonchev–Trinajstić information content (AvgIpc) is 3.07. The zero-order chi connectivity index (χ0) is 16.1. The Hall–Kier alpha value is -1.85. The van der Waals surface area contributed by atoms with Gasteiger partial charge >= 0.3 is 0 Å². The van der Waals surface area contributed by atoms with Gasteiger partial charge in [0.25, 0.3) is 0 Å². The topological polar surface area (TPSA) is 39.7 Å². The summed E-state index contributed by atoms with van der Waals surface area (Å²) >= 11 is 1.89. The number of fused-ring (bicyclic) bond motifs is 1. The zero-order valence-corrected chi connectivity index (χ0v) is 14.6. The van der Waals surface area contributed by atoms with Gasteiger partial charge in [0, 0.05) is 38.6 Å². The van der Waals surface area contributed by atoms with Crippen LogP contribution in [0.15, 0.2) is 46.8 Å². The van der Waals surface area contributed by atoms with Gasteiger partial charge in [0.05, 0.1) is 6.04 Å². The fourth-order valence-corrected chi connectivity index (χ4v) is 4.03. The summed E-state index contributed by atoms with van der Waals surface area (Å²) in [6.07, 6.45) is 1.15. The van der Waals surface area contributed by atoms with E-state index in [1.54, 1.807) is 11.9 Å². The second kappa shape index (κ2) is 7.62. The molecular formula is C18H24N4S. The van der Waals surface area contributed by atoms with Crippen LogP contribution in [0.25, 0.3) is 0 Å². The van der Waals surface area contributed by atoms with Crippen LogP contribution in [0, 0.1) is 0 Å². The van der Waals surface area contributed by atoms with Crippen LogP contribution in [0.5, 0.6) is 0 Å². The van der Waals surface area contributed by atoms with E-state index in [1.165, 1.54) is 11.1 Å². The third-order valence-electron chi connectivity index (χ3n) is 4.39. The van der Waals surface area contributed by atoms with E-state index in [4.69, 9.17) is 0 Å². The Morgan fingerprint density at radius 1 is 1.30 bits per heavy atom. The molecule has 0 amide bonds. The molecule has 23 heavy (non-hydrogen) atoms. The minimum Gasteiger partial charge on any atom is -0.359 e. The Balaban J connectivity index is 1.78. The van der Waals surface area contributed by atoms with E-state index in [1.807, 2.05) is 18.4 Å². The van der Waals surface area contributed by atoms with Crippen molar-refractivity contribution in [2.45, 2.75) is 19.0 Å². The summed E-state index contributed by atoms with van der Waals surface area (Å²) in [6, 6.07) is 13.4. The number of rotatable bonds is 4. The van der Waals surface area contributed by atoms with Crippen LogP contribution < -0.4 is 10.6 Å². The number of hydrogen-bond acceptors (Lipinski definition) is 3. The summed E-state index contributed by atoms with van der Waals surface area (Å²) < 4.78 is 0. The minimum atomic E-state index is 0.342. The Morgan fingerprint density at radius 3 is 2.87 bits per heavy atom. The van der Waals surface area contributed by atoms with Crippen molar-refractivity contribution in [2.75, 3.05) is 27.2 Å². The molecule has 0 bridgehead atoms.